The molecule has 0 spiro atoms. The van der Waals surface area contributed by atoms with Crippen LogP contribution in [0.2, 0.25) is 0 Å². The van der Waals surface area contributed by atoms with Crippen molar-refractivity contribution in [2.45, 2.75) is 25.7 Å². The second kappa shape index (κ2) is 7.29. The molecule has 0 radical (unpaired) electrons. The van der Waals surface area contributed by atoms with E-state index < -0.39 is 5.97 Å². The summed E-state index contributed by atoms with van der Waals surface area (Å²) in [5.41, 5.74) is 1.94. The molecular formula is C18H21N3O3. The fraction of sp³-hybridized carbons (Fsp3) is 0.389. The lowest BCUT2D eigenvalue weighted by Gasteiger charge is -2.31. The number of aliphatic carboxylic acids is 1. The number of carbonyl (C=O) groups is 2. The number of hydrogen-bond acceptors (Lipinski definition) is 3. The third-order valence-corrected chi connectivity index (χ3v) is 4.49. The number of rotatable bonds is 5. The van der Waals surface area contributed by atoms with E-state index in [9.17, 15) is 9.59 Å². The molecule has 1 aliphatic heterocycles. The summed E-state index contributed by atoms with van der Waals surface area (Å²) in [5.74, 6) is -0.451. The number of aromatic nitrogens is 2. The van der Waals surface area contributed by atoms with Gasteiger partial charge in [0.2, 0.25) is 5.91 Å². The average Bonchev–Trinajstić information content (AvgIpc) is 3.10. The molecule has 1 aromatic carbocycles. The van der Waals surface area contributed by atoms with Gasteiger partial charge in [-0.1, -0.05) is 12.1 Å². The van der Waals surface area contributed by atoms with Gasteiger partial charge in [0.1, 0.15) is 0 Å². The normalized spacial score (nSPS) is 15.4. The monoisotopic (exact) mass is 327 g/mol. The number of carboxylic acid groups (broad SMARTS) is 1. The number of carboxylic acids is 1. The fourth-order valence-corrected chi connectivity index (χ4v) is 3.11. The van der Waals surface area contributed by atoms with Crippen LogP contribution < -0.4 is 0 Å². The zero-order chi connectivity index (χ0) is 16.9. The first-order chi connectivity index (χ1) is 11.6. The molecule has 0 unspecified atom stereocenters. The molecule has 1 amide bonds. The topological polar surface area (TPSA) is 75.4 Å². The first kappa shape index (κ1) is 16.2. The first-order valence-corrected chi connectivity index (χ1v) is 8.20. The van der Waals surface area contributed by atoms with Crippen molar-refractivity contribution in [1.82, 2.24) is 14.7 Å². The summed E-state index contributed by atoms with van der Waals surface area (Å²) in [5, 5.41) is 13.0. The number of hydrogen-bond donors (Lipinski definition) is 1. The van der Waals surface area contributed by atoms with Gasteiger partial charge in [0.15, 0.2) is 0 Å². The largest absolute Gasteiger partial charge is 0.481 e. The number of amides is 1. The molecule has 3 rings (SSSR count). The van der Waals surface area contributed by atoms with Crippen LogP contribution in [0.3, 0.4) is 0 Å². The van der Waals surface area contributed by atoms with Gasteiger partial charge in [-0.2, -0.15) is 5.10 Å². The summed E-state index contributed by atoms with van der Waals surface area (Å²) in [6, 6.07) is 9.67. The van der Waals surface area contributed by atoms with Gasteiger partial charge in [0, 0.05) is 31.9 Å². The van der Waals surface area contributed by atoms with Crippen molar-refractivity contribution in [2.24, 2.45) is 5.92 Å². The van der Waals surface area contributed by atoms with Crippen LogP contribution in [0.25, 0.3) is 5.69 Å². The first-order valence-electron chi connectivity index (χ1n) is 8.20. The number of benzene rings is 1. The Labute approximate surface area is 140 Å². The van der Waals surface area contributed by atoms with Crippen molar-refractivity contribution in [3.8, 4) is 5.69 Å². The van der Waals surface area contributed by atoms with E-state index in [4.69, 9.17) is 5.11 Å². The SMILES string of the molecule is O=C(O)CC1CCN(C(=O)Cc2ccc(-n3cccn3)cc2)CC1. The van der Waals surface area contributed by atoms with Crippen LogP contribution in [0.4, 0.5) is 0 Å². The molecule has 24 heavy (non-hydrogen) atoms. The maximum Gasteiger partial charge on any atom is 0.303 e. The molecule has 2 aromatic rings. The van der Waals surface area contributed by atoms with E-state index in [1.54, 1.807) is 10.9 Å². The predicted octanol–water partition coefficient (Wildman–Crippen LogP) is 2.13. The number of carbonyl (C=O) groups excluding carboxylic acids is 1. The van der Waals surface area contributed by atoms with Crippen molar-refractivity contribution >= 4 is 11.9 Å². The van der Waals surface area contributed by atoms with Gasteiger partial charge in [-0.3, -0.25) is 9.59 Å². The molecule has 1 aliphatic rings. The average molecular weight is 327 g/mol. The van der Waals surface area contributed by atoms with Crippen molar-refractivity contribution in [1.29, 1.82) is 0 Å². The highest BCUT2D eigenvalue weighted by molar-refractivity contribution is 5.79. The number of likely N-dealkylation sites (tertiary alicyclic amines) is 1. The van der Waals surface area contributed by atoms with Crippen LogP contribution in [0, 0.1) is 5.92 Å². The highest BCUT2D eigenvalue weighted by Crippen LogP contribution is 2.21. The van der Waals surface area contributed by atoms with Gasteiger partial charge >= 0.3 is 5.97 Å². The van der Waals surface area contributed by atoms with E-state index in [0.29, 0.717) is 19.5 Å². The zero-order valence-electron chi connectivity index (χ0n) is 13.5. The molecule has 1 aromatic heterocycles. The summed E-state index contributed by atoms with van der Waals surface area (Å²) in [6.07, 6.45) is 5.74. The Hall–Kier alpha value is -2.63. The molecule has 1 saturated heterocycles. The lowest BCUT2D eigenvalue weighted by Crippen LogP contribution is -2.39. The second-order valence-electron chi connectivity index (χ2n) is 6.22. The van der Waals surface area contributed by atoms with E-state index in [1.165, 1.54) is 0 Å². The lowest BCUT2D eigenvalue weighted by molar-refractivity contribution is -0.138. The van der Waals surface area contributed by atoms with Gasteiger partial charge < -0.3 is 10.0 Å². The highest BCUT2D eigenvalue weighted by Gasteiger charge is 2.24. The highest BCUT2D eigenvalue weighted by atomic mass is 16.4. The Morgan fingerprint density at radius 2 is 1.88 bits per heavy atom. The summed E-state index contributed by atoms with van der Waals surface area (Å²) < 4.78 is 1.78. The summed E-state index contributed by atoms with van der Waals surface area (Å²) in [4.78, 5) is 25.0. The quantitative estimate of drug-likeness (QED) is 0.913. The Bertz CT molecular complexity index is 687. The van der Waals surface area contributed by atoms with Crippen molar-refractivity contribution in [3.05, 3.63) is 48.3 Å². The molecule has 126 valence electrons. The van der Waals surface area contributed by atoms with Gasteiger partial charge in [0.25, 0.3) is 0 Å². The van der Waals surface area contributed by atoms with Crippen molar-refractivity contribution in [3.63, 3.8) is 0 Å². The maximum atomic E-state index is 12.4. The minimum Gasteiger partial charge on any atom is -0.481 e. The Balaban J connectivity index is 1.53. The summed E-state index contributed by atoms with van der Waals surface area (Å²) in [6.45, 7) is 1.31. The Morgan fingerprint density at radius 1 is 1.17 bits per heavy atom. The third kappa shape index (κ3) is 4.01. The minimum absolute atomic E-state index is 0.107. The van der Waals surface area contributed by atoms with Crippen LogP contribution in [-0.2, 0) is 16.0 Å². The zero-order valence-corrected chi connectivity index (χ0v) is 13.5. The van der Waals surface area contributed by atoms with Crippen LogP contribution in [0.5, 0.6) is 0 Å². The lowest BCUT2D eigenvalue weighted by atomic mass is 9.93. The second-order valence-corrected chi connectivity index (χ2v) is 6.22. The molecule has 6 nitrogen and oxygen atoms in total. The summed E-state index contributed by atoms with van der Waals surface area (Å²) >= 11 is 0. The van der Waals surface area contributed by atoms with E-state index in [2.05, 4.69) is 5.10 Å². The van der Waals surface area contributed by atoms with E-state index in [0.717, 1.165) is 24.1 Å². The van der Waals surface area contributed by atoms with Crippen LogP contribution >= 0.6 is 0 Å². The molecule has 6 heteroatoms. The molecular weight excluding hydrogens is 306 g/mol. The molecule has 2 heterocycles. The van der Waals surface area contributed by atoms with E-state index in [1.807, 2.05) is 41.4 Å². The maximum absolute atomic E-state index is 12.4. The molecule has 0 aliphatic carbocycles. The van der Waals surface area contributed by atoms with Crippen molar-refractivity contribution < 1.29 is 14.7 Å². The van der Waals surface area contributed by atoms with Crippen LogP contribution in [0.15, 0.2) is 42.7 Å². The van der Waals surface area contributed by atoms with Gasteiger partial charge in [-0.05, 0) is 42.5 Å². The number of nitrogens with zero attached hydrogens (tertiary/aromatic N) is 3. The molecule has 0 atom stereocenters. The molecule has 1 N–H and O–H groups in total. The Kier molecular flexibility index (Phi) is 4.93. The van der Waals surface area contributed by atoms with Crippen molar-refractivity contribution in [2.75, 3.05) is 13.1 Å². The molecule has 0 bridgehead atoms. The van der Waals surface area contributed by atoms with E-state index in [-0.39, 0.29) is 18.2 Å². The van der Waals surface area contributed by atoms with Gasteiger partial charge in [-0.15, -0.1) is 0 Å². The number of piperidine rings is 1. The van der Waals surface area contributed by atoms with Crippen LogP contribution in [-0.4, -0.2) is 44.8 Å². The van der Waals surface area contributed by atoms with Gasteiger partial charge in [-0.25, -0.2) is 4.68 Å². The molecule has 1 fully saturated rings. The predicted molar refractivity (Wildman–Crippen MR) is 88.8 cm³/mol. The fourth-order valence-electron chi connectivity index (χ4n) is 3.11. The summed E-state index contributed by atoms with van der Waals surface area (Å²) in [7, 11) is 0. The molecule has 0 saturated carbocycles. The van der Waals surface area contributed by atoms with Gasteiger partial charge in [0.05, 0.1) is 12.1 Å². The van der Waals surface area contributed by atoms with Crippen LogP contribution in [0.1, 0.15) is 24.8 Å². The smallest absolute Gasteiger partial charge is 0.303 e. The van der Waals surface area contributed by atoms with E-state index >= 15 is 0 Å². The Morgan fingerprint density at radius 3 is 2.46 bits per heavy atom. The standard InChI is InChI=1S/C18H21N3O3/c22-17(20-10-6-15(7-11-20)13-18(23)24)12-14-2-4-16(5-3-14)21-9-1-8-19-21/h1-5,8-9,15H,6-7,10-13H2,(H,23,24). The third-order valence-electron chi connectivity index (χ3n) is 4.49. The minimum atomic E-state index is -0.753.